The van der Waals surface area contributed by atoms with Gasteiger partial charge < -0.3 is 18.9 Å². The third kappa shape index (κ3) is 8.07. The maximum atomic E-state index is 11.7. The molecule has 0 N–H and O–H groups in total. The number of hydrogen-bond donors (Lipinski definition) is 0. The molecule has 1 rings (SSSR count). The van der Waals surface area contributed by atoms with E-state index in [1.54, 1.807) is 13.8 Å². The van der Waals surface area contributed by atoms with E-state index in [4.69, 9.17) is 18.9 Å². The van der Waals surface area contributed by atoms with Gasteiger partial charge >= 0.3 is 5.97 Å². The highest BCUT2D eigenvalue weighted by molar-refractivity contribution is 5.87. The Balaban J connectivity index is 2.51. The Hall–Kier alpha value is -2.27. The number of aryl methyl sites for hydroxylation is 1. The highest BCUT2D eigenvalue weighted by Gasteiger charge is 2.16. The SMILES string of the molecule is C=C(C)OCOCC(COc1ccc(C)cc1)OC(=O)C(=C)C. The van der Waals surface area contributed by atoms with Crippen LogP contribution < -0.4 is 4.74 Å². The van der Waals surface area contributed by atoms with E-state index in [2.05, 4.69) is 13.2 Å². The number of hydrogen-bond acceptors (Lipinski definition) is 5. The van der Waals surface area contributed by atoms with Gasteiger partial charge in [0, 0.05) is 5.57 Å². The Morgan fingerprint density at radius 2 is 1.78 bits per heavy atom. The minimum Gasteiger partial charge on any atom is -0.490 e. The van der Waals surface area contributed by atoms with Gasteiger partial charge in [-0.25, -0.2) is 4.79 Å². The van der Waals surface area contributed by atoms with Crippen LogP contribution in [0.15, 0.2) is 48.8 Å². The van der Waals surface area contributed by atoms with Gasteiger partial charge in [-0.3, -0.25) is 0 Å². The summed E-state index contributed by atoms with van der Waals surface area (Å²) >= 11 is 0. The van der Waals surface area contributed by atoms with Gasteiger partial charge in [-0.05, 0) is 32.9 Å². The van der Waals surface area contributed by atoms with E-state index in [-0.39, 0.29) is 20.0 Å². The van der Waals surface area contributed by atoms with Crippen LogP contribution in [0.4, 0.5) is 0 Å². The molecule has 0 aliphatic rings. The van der Waals surface area contributed by atoms with Crippen LogP contribution >= 0.6 is 0 Å². The Labute approximate surface area is 137 Å². The lowest BCUT2D eigenvalue weighted by molar-refractivity contribution is -0.152. The minimum atomic E-state index is -0.561. The molecule has 0 amide bonds. The van der Waals surface area contributed by atoms with Gasteiger partial charge in [0.15, 0.2) is 12.9 Å². The maximum absolute atomic E-state index is 11.7. The molecular weight excluding hydrogens is 296 g/mol. The number of ether oxygens (including phenoxy) is 4. The fourth-order valence-electron chi connectivity index (χ4n) is 1.51. The molecule has 126 valence electrons. The zero-order valence-corrected chi connectivity index (χ0v) is 14.0. The fourth-order valence-corrected chi connectivity index (χ4v) is 1.51. The number of allylic oxidation sites excluding steroid dienone is 1. The van der Waals surface area contributed by atoms with Crippen molar-refractivity contribution in [2.45, 2.75) is 26.9 Å². The topological polar surface area (TPSA) is 54.0 Å². The van der Waals surface area contributed by atoms with Crippen LogP contribution in [0.1, 0.15) is 19.4 Å². The Bertz CT molecular complexity index is 533. The van der Waals surface area contributed by atoms with Gasteiger partial charge in [0.05, 0.1) is 12.4 Å². The Kier molecular flexibility index (Phi) is 7.91. The van der Waals surface area contributed by atoms with Crippen molar-refractivity contribution >= 4 is 5.97 Å². The Morgan fingerprint density at radius 3 is 2.35 bits per heavy atom. The van der Waals surface area contributed by atoms with Crippen LogP contribution in [0.5, 0.6) is 5.75 Å². The van der Waals surface area contributed by atoms with Crippen molar-refractivity contribution in [1.29, 1.82) is 0 Å². The first kappa shape index (κ1) is 18.8. The molecule has 0 aliphatic carbocycles. The van der Waals surface area contributed by atoms with E-state index in [1.165, 1.54) is 0 Å². The van der Waals surface area contributed by atoms with Crippen LogP contribution in [0.25, 0.3) is 0 Å². The van der Waals surface area contributed by atoms with Crippen LogP contribution in [-0.2, 0) is 19.0 Å². The van der Waals surface area contributed by atoms with E-state index < -0.39 is 12.1 Å². The van der Waals surface area contributed by atoms with E-state index in [9.17, 15) is 4.79 Å². The summed E-state index contributed by atoms with van der Waals surface area (Å²) < 4.78 is 21.4. The number of carbonyl (C=O) groups excluding carboxylic acids is 1. The first-order valence-corrected chi connectivity index (χ1v) is 7.30. The molecule has 5 heteroatoms. The van der Waals surface area contributed by atoms with Crippen LogP contribution in [-0.4, -0.2) is 32.1 Å². The second kappa shape index (κ2) is 9.69. The first-order chi connectivity index (χ1) is 10.9. The molecule has 0 spiro atoms. The molecule has 1 unspecified atom stereocenters. The minimum absolute atomic E-state index is 0.0426. The van der Waals surface area contributed by atoms with Gasteiger partial charge in [-0.2, -0.15) is 0 Å². The lowest BCUT2D eigenvalue weighted by atomic mass is 10.2. The lowest BCUT2D eigenvalue weighted by Crippen LogP contribution is -2.30. The molecule has 0 heterocycles. The summed E-state index contributed by atoms with van der Waals surface area (Å²) in [5, 5.41) is 0. The molecule has 1 atom stereocenters. The van der Waals surface area contributed by atoms with Crippen molar-refractivity contribution in [2.75, 3.05) is 20.0 Å². The second-order valence-corrected chi connectivity index (χ2v) is 5.27. The summed E-state index contributed by atoms with van der Waals surface area (Å²) in [5.41, 5.74) is 1.46. The average Bonchev–Trinajstić information content (AvgIpc) is 2.49. The van der Waals surface area contributed by atoms with Gasteiger partial charge in [-0.1, -0.05) is 30.9 Å². The molecule has 23 heavy (non-hydrogen) atoms. The third-order valence-corrected chi connectivity index (χ3v) is 2.77. The largest absolute Gasteiger partial charge is 0.490 e. The standard InChI is InChI=1S/C18H24O5/c1-13(2)18(19)23-17(10-20-12-22-14(3)4)11-21-16-8-6-15(5)7-9-16/h6-9,17H,1,3,10-12H2,2,4-5H3. The number of carbonyl (C=O) groups is 1. The molecule has 0 fully saturated rings. The van der Waals surface area contributed by atoms with Crippen molar-refractivity contribution in [3.8, 4) is 5.75 Å². The van der Waals surface area contributed by atoms with Crippen molar-refractivity contribution in [3.63, 3.8) is 0 Å². The summed E-state index contributed by atoms with van der Waals surface area (Å²) in [4.78, 5) is 11.7. The molecule has 1 aromatic carbocycles. The summed E-state index contributed by atoms with van der Waals surface area (Å²) in [5.74, 6) is 0.772. The van der Waals surface area contributed by atoms with Crippen molar-refractivity contribution < 1.29 is 23.7 Å². The van der Waals surface area contributed by atoms with Gasteiger partial charge in [0.2, 0.25) is 0 Å². The van der Waals surface area contributed by atoms with Gasteiger partial charge in [0.1, 0.15) is 12.4 Å². The lowest BCUT2D eigenvalue weighted by Gasteiger charge is -2.19. The van der Waals surface area contributed by atoms with Crippen molar-refractivity contribution in [2.24, 2.45) is 0 Å². The van der Waals surface area contributed by atoms with Crippen LogP contribution in [0.3, 0.4) is 0 Å². The smallest absolute Gasteiger partial charge is 0.333 e. The summed E-state index contributed by atoms with van der Waals surface area (Å²) in [7, 11) is 0. The first-order valence-electron chi connectivity index (χ1n) is 7.30. The van der Waals surface area contributed by atoms with Crippen molar-refractivity contribution in [3.05, 3.63) is 54.3 Å². The maximum Gasteiger partial charge on any atom is 0.333 e. The zero-order valence-electron chi connectivity index (χ0n) is 14.0. The molecule has 0 saturated carbocycles. The van der Waals surface area contributed by atoms with Gasteiger partial charge in [0.25, 0.3) is 0 Å². The van der Waals surface area contributed by atoms with E-state index in [0.717, 1.165) is 5.56 Å². The third-order valence-electron chi connectivity index (χ3n) is 2.77. The summed E-state index contributed by atoms with van der Waals surface area (Å²) in [6.07, 6.45) is -0.561. The number of esters is 1. The van der Waals surface area contributed by atoms with Crippen LogP contribution in [0, 0.1) is 6.92 Å². The molecule has 1 aromatic rings. The Morgan fingerprint density at radius 1 is 1.13 bits per heavy atom. The molecule has 0 bridgehead atoms. The highest BCUT2D eigenvalue weighted by atomic mass is 16.7. The molecule has 0 aromatic heterocycles. The van der Waals surface area contributed by atoms with Gasteiger partial charge in [-0.15, -0.1) is 0 Å². The monoisotopic (exact) mass is 320 g/mol. The average molecular weight is 320 g/mol. The van der Waals surface area contributed by atoms with E-state index in [1.807, 2.05) is 31.2 Å². The van der Waals surface area contributed by atoms with E-state index in [0.29, 0.717) is 17.1 Å². The number of benzene rings is 1. The molecule has 0 saturated heterocycles. The van der Waals surface area contributed by atoms with Crippen LogP contribution in [0.2, 0.25) is 0 Å². The predicted molar refractivity (Wildman–Crippen MR) is 88.1 cm³/mol. The van der Waals surface area contributed by atoms with E-state index >= 15 is 0 Å². The molecule has 0 aliphatic heterocycles. The molecular formula is C18H24O5. The summed E-state index contributed by atoms with van der Waals surface area (Å²) in [6.45, 7) is 12.8. The quantitative estimate of drug-likeness (QED) is 0.217. The zero-order chi connectivity index (χ0) is 17.2. The normalized spacial score (nSPS) is 11.4. The highest BCUT2D eigenvalue weighted by Crippen LogP contribution is 2.12. The predicted octanol–water partition coefficient (Wildman–Crippen LogP) is 3.39. The fraction of sp³-hybridized carbons (Fsp3) is 0.389. The van der Waals surface area contributed by atoms with Crippen molar-refractivity contribution in [1.82, 2.24) is 0 Å². The molecule has 5 nitrogen and oxygen atoms in total. The second-order valence-electron chi connectivity index (χ2n) is 5.27. The molecule has 0 radical (unpaired) electrons. The summed E-state index contributed by atoms with van der Waals surface area (Å²) in [6, 6.07) is 7.61. The number of rotatable bonds is 10.